The van der Waals surface area contributed by atoms with Crippen LogP contribution in [0.1, 0.15) is 62.9 Å². The lowest BCUT2D eigenvalue weighted by atomic mass is 9.79. The molecule has 0 aromatic heterocycles. The molecule has 0 radical (unpaired) electrons. The van der Waals surface area contributed by atoms with Crippen LogP contribution in [0.15, 0.2) is 28.7 Å². The third-order valence-electron chi connectivity index (χ3n) is 3.96. The molecule has 1 aliphatic rings. The summed E-state index contributed by atoms with van der Waals surface area (Å²) in [5, 5.41) is 0. The Hall–Kier alpha value is -1.49. The van der Waals surface area contributed by atoms with Crippen molar-refractivity contribution in [1.82, 2.24) is 0 Å². The van der Waals surface area contributed by atoms with Crippen molar-refractivity contribution in [2.24, 2.45) is 10.3 Å². The number of nitrogens with zero attached hydrogens (tertiary/aromatic N) is 1. The van der Waals surface area contributed by atoms with E-state index in [0.29, 0.717) is 18.1 Å². The average Bonchev–Trinajstić information content (AvgIpc) is 2.44. The summed E-state index contributed by atoms with van der Waals surface area (Å²) in [5.41, 5.74) is 2.40. The van der Waals surface area contributed by atoms with Crippen molar-refractivity contribution in [3.05, 3.63) is 35.4 Å². The highest BCUT2D eigenvalue weighted by molar-refractivity contribution is 7.85. The topological polar surface area (TPSA) is 55.7 Å². The average molecular weight is 336 g/mol. The summed E-state index contributed by atoms with van der Waals surface area (Å²) >= 11 is 0. The van der Waals surface area contributed by atoms with E-state index in [2.05, 4.69) is 4.40 Å². The zero-order valence-electron chi connectivity index (χ0n) is 14.3. The second kappa shape index (κ2) is 7.39. The lowest BCUT2D eigenvalue weighted by molar-refractivity contribution is 0.0526. The molecule has 0 spiro atoms. The molecule has 1 aromatic rings. The minimum absolute atomic E-state index is 0.318. The van der Waals surface area contributed by atoms with Gasteiger partial charge >= 0.3 is 5.97 Å². The molecule has 0 bridgehead atoms. The zero-order chi connectivity index (χ0) is 17.0. The van der Waals surface area contributed by atoms with Crippen LogP contribution in [0.25, 0.3) is 0 Å². The van der Waals surface area contributed by atoms with Gasteiger partial charge in [0.1, 0.15) is 10.5 Å². The molecule has 23 heavy (non-hydrogen) atoms. The molecule has 1 aromatic carbocycles. The second-order valence-corrected chi connectivity index (χ2v) is 8.94. The highest BCUT2D eigenvalue weighted by atomic mass is 32.2. The van der Waals surface area contributed by atoms with Gasteiger partial charge in [0.15, 0.2) is 11.0 Å². The quantitative estimate of drug-likeness (QED) is 0.355. The Morgan fingerprint density at radius 2 is 1.78 bits per heavy atom. The smallest absolute Gasteiger partial charge is 0.338 e. The lowest BCUT2D eigenvalue weighted by Gasteiger charge is -2.26. The third-order valence-corrected chi connectivity index (χ3v) is 5.50. The van der Waals surface area contributed by atoms with Crippen LogP contribution in [0.5, 0.6) is 0 Å². The van der Waals surface area contributed by atoms with Crippen molar-refractivity contribution in [3.8, 4) is 0 Å². The number of carbonyl (C=O) groups excluding carboxylic acids is 1. The number of benzene rings is 1. The molecule has 1 aliphatic carbocycles. The maximum Gasteiger partial charge on any atom is 0.338 e. The molecule has 0 amide bonds. The van der Waals surface area contributed by atoms with Gasteiger partial charge < -0.3 is 4.74 Å². The van der Waals surface area contributed by atoms with Crippen molar-refractivity contribution in [2.45, 2.75) is 51.7 Å². The Labute approximate surface area is 140 Å². The molecule has 2 rings (SSSR count). The molecule has 0 heterocycles. The summed E-state index contributed by atoms with van der Waals surface area (Å²) in [7, 11) is -1.67. The summed E-state index contributed by atoms with van der Waals surface area (Å²) in [4.78, 5) is 11.7. The number of rotatable bonds is 5. The number of thiol groups is 1. The van der Waals surface area contributed by atoms with E-state index in [1.54, 1.807) is 19.1 Å². The Bertz CT molecular complexity index is 610. The molecule has 126 valence electrons. The summed E-state index contributed by atoms with van der Waals surface area (Å²) in [6, 6.07) is 7.28. The van der Waals surface area contributed by atoms with E-state index in [4.69, 9.17) is 4.74 Å². The van der Waals surface area contributed by atoms with Crippen LogP contribution in [0.4, 0.5) is 0 Å². The Morgan fingerprint density at radius 1 is 1.22 bits per heavy atom. The second-order valence-electron chi connectivity index (χ2n) is 6.85. The molecule has 4 nitrogen and oxygen atoms in total. The van der Waals surface area contributed by atoms with E-state index in [1.807, 2.05) is 32.9 Å². The number of ether oxygens (including phenoxy) is 1. The molecule has 1 unspecified atom stereocenters. The fraction of sp³-hybridized carbons (Fsp3) is 0.556. The van der Waals surface area contributed by atoms with Crippen molar-refractivity contribution in [3.63, 3.8) is 0 Å². The summed E-state index contributed by atoms with van der Waals surface area (Å²) in [5.74, 6) is 0.0618. The Kier molecular flexibility index (Phi) is 5.74. The molecule has 0 aliphatic heterocycles. The maximum absolute atomic E-state index is 12.4. The summed E-state index contributed by atoms with van der Waals surface area (Å²) < 4.78 is 21.7. The van der Waals surface area contributed by atoms with E-state index in [0.717, 1.165) is 24.1 Å². The molecule has 1 atom stereocenters. The first-order chi connectivity index (χ1) is 10.8. The predicted molar refractivity (Wildman–Crippen MR) is 95.5 cm³/mol. The standard InChI is InChI=1S/C18H25NO3S/c1-5-22-17(20)15-11-9-14(10-12-15)16(13-7-6-8-13)19-23(21)18(2,3)4/h9-13H,5-8H2,1-4H3/p+1. The van der Waals surface area contributed by atoms with E-state index in [1.165, 1.54) is 6.42 Å². The monoisotopic (exact) mass is 336 g/mol. The van der Waals surface area contributed by atoms with E-state index in [-0.39, 0.29) is 10.7 Å². The van der Waals surface area contributed by atoms with Gasteiger partial charge in [-0.05, 0) is 52.7 Å². The number of esters is 1. The largest absolute Gasteiger partial charge is 0.462 e. The summed E-state index contributed by atoms with van der Waals surface area (Å²) in [6.45, 7) is 7.98. The molecule has 0 N–H and O–H groups in total. The van der Waals surface area contributed by atoms with Gasteiger partial charge in [0, 0.05) is 11.5 Å². The lowest BCUT2D eigenvalue weighted by Crippen LogP contribution is -2.27. The van der Waals surface area contributed by atoms with Crippen LogP contribution in [-0.2, 0) is 19.9 Å². The van der Waals surface area contributed by atoms with Crippen LogP contribution in [0.3, 0.4) is 0 Å². The third kappa shape index (κ3) is 4.50. The Morgan fingerprint density at radius 3 is 2.22 bits per heavy atom. The highest BCUT2D eigenvalue weighted by Crippen LogP contribution is 2.31. The zero-order valence-corrected chi connectivity index (χ0v) is 15.2. The molecular weight excluding hydrogens is 310 g/mol. The van der Waals surface area contributed by atoms with Crippen LogP contribution in [0.2, 0.25) is 0 Å². The van der Waals surface area contributed by atoms with Gasteiger partial charge in [0.2, 0.25) is 0 Å². The van der Waals surface area contributed by atoms with Crippen molar-refractivity contribution in [1.29, 1.82) is 0 Å². The van der Waals surface area contributed by atoms with Crippen molar-refractivity contribution < 1.29 is 13.7 Å². The van der Waals surface area contributed by atoms with Gasteiger partial charge in [0.05, 0.1) is 12.2 Å². The van der Waals surface area contributed by atoms with Crippen molar-refractivity contribution >= 4 is 22.7 Å². The van der Waals surface area contributed by atoms with E-state index in [9.17, 15) is 9.00 Å². The highest BCUT2D eigenvalue weighted by Gasteiger charge is 2.31. The van der Waals surface area contributed by atoms with Gasteiger partial charge in [-0.1, -0.05) is 27.2 Å². The molecule has 1 fully saturated rings. The number of hydrogen-bond donors (Lipinski definition) is 0. The number of hydrogen-bond acceptors (Lipinski definition) is 3. The molecule has 5 heteroatoms. The molecule has 0 saturated heterocycles. The SMILES string of the molecule is CCOC(=O)c1ccc(C(=N[SH+](=O)C(C)(C)C)C2CCC2)cc1. The van der Waals surface area contributed by atoms with Crippen LogP contribution in [0, 0.1) is 5.92 Å². The van der Waals surface area contributed by atoms with E-state index < -0.39 is 11.0 Å². The maximum atomic E-state index is 12.4. The normalized spacial score (nSPS) is 17.5. The minimum atomic E-state index is -1.67. The van der Waals surface area contributed by atoms with Gasteiger partial charge in [-0.3, -0.25) is 0 Å². The van der Waals surface area contributed by atoms with E-state index >= 15 is 0 Å². The van der Waals surface area contributed by atoms with Gasteiger partial charge in [-0.15, -0.1) is 0 Å². The number of carbonyl (C=O) groups is 1. The van der Waals surface area contributed by atoms with Crippen LogP contribution >= 0.6 is 0 Å². The van der Waals surface area contributed by atoms with Crippen LogP contribution < -0.4 is 0 Å². The first-order valence-electron chi connectivity index (χ1n) is 8.16. The first-order valence-corrected chi connectivity index (χ1v) is 9.37. The summed E-state index contributed by atoms with van der Waals surface area (Å²) in [6.07, 6.45) is 3.37. The minimum Gasteiger partial charge on any atom is -0.462 e. The van der Waals surface area contributed by atoms with Gasteiger partial charge in [-0.25, -0.2) is 4.79 Å². The predicted octanol–water partition coefficient (Wildman–Crippen LogP) is 3.86. The first kappa shape index (κ1) is 17.9. The van der Waals surface area contributed by atoms with Gasteiger partial charge in [-0.2, -0.15) is 0 Å². The molecular formula is C18H26NO3S+. The fourth-order valence-corrected chi connectivity index (χ4v) is 3.07. The van der Waals surface area contributed by atoms with Crippen LogP contribution in [-0.4, -0.2) is 23.0 Å². The molecule has 1 saturated carbocycles. The van der Waals surface area contributed by atoms with Gasteiger partial charge in [0.25, 0.3) is 0 Å². The van der Waals surface area contributed by atoms with Crippen molar-refractivity contribution in [2.75, 3.05) is 6.61 Å². The Balaban J connectivity index is 2.28. The fourth-order valence-electron chi connectivity index (χ4n) is 2.30.